The zero-order chi connectivity index (χ0) is 9.19. The average Bonchev–Trinajstić information content (AvgIpc) is 2.00. The smallest absolute Gasteiger partial charge is 0.0155 e. The number of allylic oxidation sites excluding steroid dienone is 2. The lowest BCUT2D eigenvalue weighted by molar-refractivity contribution is 0.311. The molecule has 0 aromatic carbocycles. The van der Waals surface area contributed by atoms with Crippen LogP contribution in [-0.4, -0.2) is 11.9 Å². The second-order valence-electron chi connectivity index (χ2n) is 4.22. The van der Waals surface area contributed by atoms with Gasteiger partial charge in [0.1, 0.15) is 0 Å². The molecule has 0 bridgehead atoms. The van der Waals surface area contributed by atoms with Crippen LogP contribution in [0.4, 0.5) is 0 Å². The summed E-state index contributed by atoms with van der Waals surface area (Å²) >= 11 is 0. The second kappa shape index (κ2) is 3.34. The molecule has 0 aromatic heterocycles. The van der Waals surface area contributed by atoms with Gasteiger partial charge in [-0.2, -0.15) is 0 Å². The third-order valence-corrected chi connectivity index (χ3v) is 2.71. The maximum atomic E-state index is 4.12. The normalized spacial score (nSPS) is 26.2. The molecule has 1 aliphatic rings. The molecule has 1 aliphatic heterocycles. The van der Waals surface area contributed by atoms with E-state index >= 15 is 0 Å². The molecule has 1 heteroatoms. The number of nitrogens with zero attached hydrogens (tertiary/aromatic N) is 1. The summed E-state index contributed by atoms with van der Waals surface area (Å²) in [6.45, 7) is 8.66. The minimum Gasteiger partial charge on any atom is -0.355 e. The Balaban J connectivity index is 2.81. The monoisotopic (exact) mass is 165 g/mol. The van der Waals surface area contributed by atoms with Gasteiger partial charge in [0.15, 0.2) is 0 Å². The highest BCUT2D eigenvalue weighted by Gasteiger charge is 2.23. The van der Waals surface area contributed by atoms with Crippen molar-refractivity contribution >= 4 is 0 Å². The summed E-state index contributed by atoms with van der Waals surface area (Å²) in [5.74, 6) is 0. The van der Waals surface area contributed by atoms with Crippen molar-refractivity contribution in [2.45, 2.75) is 33.1 Å². The fourth-order valence-corrected chi connectivity index (χ4v) is 1.61. The van der Waals surface area contributed by atoms with Crippen molar-refractivity contribution in [1.82, 2.24) is 4.90 Å². The molecule has 0 unspecified atom stereocenters. The second-order valence-corrected chi connectivity index (χ2v) is 4.22. The van der Waals surface area contributed by atoms with Crippen molar-refractivity contribution in [2.24, 2.45) is 5.41 Å². The molecular formula is C11H19N. The summed E-state index contributed by atoms with van der Waals surface area (Å²) in [6, 6.07) is 0. The Labute approximate surface area is 75.8 Å². The van der Waals surface area contributed by atoms with Gasteiger partial charge in [0.2, 0.25) is 0 Å². The number of hydrogen-bond donors (Lipinski definition) is 0. The van der Waals surface area contributed by atoms with Crippen molar-refractivity contribution in [1.29, 1.82) is 0 Å². The van der Waals surface area contributed by atoms with E-state index < -0.39 is 0 Å². The van der Waals surface area contributed by atoms with Gasteiger partial charge in [0, 0.05) is 18.2 Å². The highest BCUT2D eigenvalue weighted by atomic mass is 15.1. The Hall–Kier alpha value is -0.720. The minimum absolute atomic E-state index is 0.263. The van der Waals surface area contributed by atoms with Crippen LogP contribution in [0.3, 0.4) is 0 Å². The average molecular weight is 165 g/mol. The van der Waals surface area contributed by atoms with Gasteiger partial charge in [0.05, 0.1) is 0 Å². The third-order valence-electron chi connectivity index (χ3n) is 2.71. The first-order chi connectivity index (χ1) is 5.54. The summed E-state index contributed by atoms with van der Waals surface area (Å²) < 4.78 is 0. The maximum absolute atomic E-state index is 4.12. The Kier molecular flexibility index (Phi) is 2.61. The molecule has 0 aromatic rings. The van der Waals surface area contributed by atoms with Crippen LogP contribution in [0, 0.1) is 5.41 Å². The molecule has 0 N–H and O–H groups in total. The van der Waals surface area contributed by atoms with E-state index in [1.807, 2.05) is 0 Å². The van der Waals surface area contributed by atoms with E-state index in [-0.39, 0.29) is 5.41 Å². The van der Waals surface area contributed by atoms with Gasteiger partial charge >= 0.3 is 0 Å². The van der Waals surface area contributed by atoms with E-state index in [1.165, 1.54) is 25.0 Å². The molecule has 68 valence electrons. The zero-order valence-corrected chi connectivity index (χ0v) is 8.43. The Morgan fingerprint density at radius 3 is 2.83 bits per heavy atom. The molecule has 0 radical (unpaired) electrons. The van der Waals surface area contributed by atoms with E-state index in [0.717, 1.165) is 0 Å². The summed E-state index contributed by atoms with van der Waals surface area (Å²) in [5.41, 5.74) is 1.48. The van der Waals surface area contributed by atoms with Gasteiger partial charge < -0.3 is 4.90 Å². The lowest BCUT2D eigenvalue weighted by Crippen LogP contribution is -2.25. The predicted molar refractivity (Wildman–Crippen MR) is 53.7 cm³/mol. The van der Waals surface area contributed by atoms with E-state index in [2.05, 4.69) is 44.6 Å². The molecule has 12 heavy (non-hydrogen) atoms. The molecule has 1 nitrogen and oxygen atoms in total. The zero-order valence-electron chi connectivity index (χ0n) is 8.43. The SMILES string of the molecule is C=C1N(C)/C=C\CCCC1(C)C. The Bertz CT molecular complexity index is 201. The van der Waals surface area contributed by atoms with Crippen molar-refractivity contribution < 1.29 is 0 Å². The molecule has 0 spiro atoms. The van der Waals surface area contributed by atoms with Crippen LogP contribution in [0.15, 0.2) is 24.6 Å². The summed E-state index contributed by atoms with van der Waals surface area (Å²) in [5, 5.41) is 0. The number of hydrogen-bond acceptors (Lipinski definition) is 1. The largest absolute Gasteiger partial charge is 0.355 e. The molecule has 0 saturated carbocycles. The van der Waals surface area contributed by atoms with Gasteiger partial charge in [0.25, 0.3) is 0 Å². The quantitative estimate of drug-likeness (QED) is 0.533. The van der Waals surface area contributed by atoms with Crippen molar-refractivity contribution in [3.05, 3.63) is 24.6 Å². The van der Waals surface area contributed by atoms with E-state index in [9.17, 15) is 0 Å². The van der Waals surface area contributed by atoms with Crippen LogP contribution in [0.5, 0.6) is 0 Å². The fourth-order valence-electron chi connectivity index (χ4n) is 1.61. The van der Waals surface area contributed by atoms with Crippen LogP contribution in [0.25, 0.3) is 0 Å². The first-order valence-corrected chi connectivity index (χ1v) is 4.63. The standard InChI is InChI=1S/C11H19N/c1-10-11(2,3)8-6-5-7-9-12(10)4/h7,9H,1,5-6,8H2,2-4H3/b9-7-. The van der Waals surface area contributed by atoms with Gasteiger partial charge in [-0.15, -0.1) is 0 Å². The summed E-state index contributed by atoms with van der Waals surface area (Å²) in [4.78, 5) is 2.14. The van der Waals surface area contributed by atoms with Crippen LogP contribution >= 0.6 is 0 Å². The van der Waals surface area contributed by atoms with E-state index in [4.69, 9.17) is 0 Å². The molecule has 0 aliphatic carbocycles. The highest BCUT2D eigenvalue weighted by Crippen LogP contribution is 2.34. The highest BCUT2D eigenvalue weighted by molar-refractivity contribution is 5.10. The van der Waals surface area contributed by atoms with Crippen molar-refractivity contribution in [3.63, 3.8) is 0 Å². The van der Waals surface area contributed by atoms with E-state index in [0.29, 0.717) is 0 Å². The molecular weight excluding hydrogens is 146 g/mol. The van der Waals surface area contributed by atoms with Crippen molar-refractivity contribution in [3.8, 4) is 0 Å². The fraction of sp³-hybridized carbons (Fsp3) is 0.636. The lowest BCUT2D eigenvalue weighted by Gasteiger charge is -2.34. The molecule has 0 saturated heterocycles. The molecule has 0 fully saturated rings. The number of rotatable bonds is 0. The topological polar surface area (TPSA) is 3.24 Å². The molecule has 0 amide bonds. The van der Waals surface area contributed by atoms with Crippen molar-refractivity contribution in [2.75, 3.05) is 7.05 Å². The van der Waals surface area contributed by atoms with Gasteiger partial charge in [-0.1, -0.05) is 26.5 Å². The lowest BCUT2D eigenvalue weighted by atomic mass is 9.83. The van der Waals surface area contributed by atoms with Gasteiger partial charge in [-0.3, -0.25) is 0 Å². The summed E-state index contributed by atoms with van der Waals surface area (Å²) in [6.07, 6.45) is 8.06. The van der Waals surface area contributed by atoms with Crippen LogP contribution in [0.1, 0.15) is 33.1 Å². The minimum atomic E-state index is 0.263. The third kappa shape index (κ3) is 1.90. The van der Waals surface area contributed by atoms with Crippen LogP contribution in [-0.2, 0) is 0 Å². The first-order valence-electron chi connectivity index (χ1n) is 4.63. The predicted octanol–water partition coefficient (Wildman–Crippen LogP) is 3.16. The molecule has 1 heterocycles. The summed E-state index contributed by atoms with van der Waals surface area (Å²) in [7, 11) is 2.08. The van der Waals surface area contributed by atoms with Crippen LogP contribution < -0.4 is 0 Å². The van der Waals surface area contributed by atoms with Gasteiger partial charge in [-0.05, 0) is 25.5 Å². The first kappa shape index (κ1) is 9.37. The Morgan fingerprint density at radius 1 is 1.50 bits per heavy atom. The van der Waals surface area contributed by atoms with Gasteiger partial charge in [-0.25, -0.2) is 0 Å². The van der Waals surface area contributed by atoms with E-state index in [1.54, 1.807) is 0 Å². The molecule has 1 rings (SSSR count). The molecule has 0 atom stereocenters. The Morgan fingerprint density at radius 2 is 2.17 bits per heavy atom. The maximum Gasteiger partial charge on any atom is 0.0155 e. The van der Waals surface area contributed by atoms with Crippen LogP contribution in [0.2, 0.25) is 0 Å².